The average Bonchev–Trinajstić information content (AvgIpc) is 3.23. The summed E-state index contributed by atoms with van der Waals surface area (Å²) in [6.45, 7) is 3.21. The minimum absolute atomic E-state index is 0.155. The third-order valence-corrected chi connectivity index (χ3v) is 6.45. The van der Waals surface area contributed by atoms with E-state index in [1.54, 1.807) is 12.5 Å². The maximum Gasteiger partial charge on any atom is 0.140 e. The number of pyridine rings is 1. The molecule has 2 aromatic rings. The Kier molecular flexibility index (Phi) is 5.10. The molecule has 0 radical (unpaired) electrons. The molecule has 0 aromatic carbocycles. The van der Waals surface area contributed by atoms with E-state index in [2.05, 4.69) is 48.9 Å². The molecule has 0 amide bonds. The SMILES string of the molecule is N#Cc1cc(C2CCC3NNC(c4cc(N5CCOCC5)ncn4)C3C2)ccn1. The first-order chi connectivity index (χ1) is 14.3. The van der Waals surface area contributed by atoms with Crippen molar-refractivity contribution in [3.05, 3.63) is 47.7 Å². The van der Waals surface area contributed by atoms with Gasteiger partial charge in [0.1, 0.15) is 23.9 Å². The summed E-state index contributed by atoms with van der Waals surface area (Å²) >= 11 is 0. The number of aromatic nitrogens is 3. The number of ether oxygens (including phenoxy) is 1. The molecule has 8 nitrogen and oxygen atoms in total. The van der Waals surface area contributed by atoms with Gasteiger partial charge in [-0.25, -0.2) is 20.4 Å². The van der Waals surface area contributed by atoms with Crippen molar-refractivity contribution in [2.24, 2.45) is 5.92 Å². The molecular formula is C21H25N7O. The van der Waals surface area contributed by atoms with Gasteiger partial charge in [0.25, 0.3) is 0 Å². The first-order valence-electron chi connectivity index (χ1n) is 10.3. The molecule has 2 N–H and O–H groups in total. The van der Waals surface area contributed by atoms with Gasteiger partial charge in [-0.2, -0.15) is 5.26 Å². The number of nitrogens with one attached hydrogen (secondary N) is 2. The zero-order chi connectivity index (χ0) is 19.6. The first kappa shape index (κ1) is 18.4. The van der Waals surface area contributed by atoms with Crippen LogP contribution in [0.25, 0.3) is 0 Å². The Morgan fingerprint density at radius 2 is 2.00 bits per heavy atom. The van der Waals surface area contributed by atoms with Gasteiger partial charge >= 0.3 is 0 Å². The van der Waals surface area contributed by atoms with Crippen LogP contribution in [0, 0.1) is 17.2 Å². The van der Waals surface area contributed by atoms with Crippen LogP contribution in [-0.2, 0) is 4.74 Å². The normalized spacial score (nSPS) is 29.3. The molecule has 4 heterocycles. The third-order valence-electron chi connectivity index (χ3n) is 6.45. The van der Waals surface area contributed by atoms with Crippen molar-refractivity contribution < 1.29 is 4.74 Å². The standard InChI is InChI=1S/C21H25N7O/c22-12-16-9-15(3-4-23-16)14-1-2-18-17(10-14)21(27-26-18)19-11-20(25-13-24-19)28-5-7-29-8-6-28/h3-4,9,11,13-14,17-18,21,26-27H,1-2,5-8,10H2. The van der Waals surface area contributed by atoms with Crippen molar-refractivity contribution in [2.75, 3.05) is 31.2 Å². The van der Waals surface area contributed by atoms with Gasteiger partial charge in [-0.05, 0) is 48.8 Å². The van der Waals surface area contributed by atoms with E-state index < -0.39 is 0 Å². The lowest BCUT2D eigenvalue weighted by atomic mass is 9.73. The molecule has 3 aliphatic rings. The number of fused-ring (bicyclic) bond motifs is 1. The zero-order valence-corrected chi connectivity index (χ0v) is 16.3. The van der Waals surface area contributed by atoms with Crippen LogP contribution in [0.5, 0.6) is 0 Å². The van der Waals surface area contributed by atoms with E-state index in [1.807, 2.05) is 6.07 Å². The Balaban J connectivity index is 1.36. The van der Waals surface area contributed by atoms with Gasteiger partial charge < -0.3 is 9.64 Å². The van der Waals surface area contributed by atoms with Crippen LogP contribution in [0.2, 0.25) is 0 Å². The molecule has 150 valence electrons. The summed E-state index contributed by atoms with van der Waals surface area (Å²) in [7, 11) is 0. The van der Waals surface area contributed by atoms with E-state index in [4.69, 9.17) is 4.74 Å². The number of hydrogen-bond donors (Lipinski definition) is 2. The summed E-state index contributed by atoms with van der Waals surface area (Å²) in [5.74, 6) is 1.86. The highest BCUT2D eigenvalue weighted by molar-refractivity contribution is 5.40. The number of hydrazine groups is 1. The van der Waals surface area contributed by atoms with Crippen molar-refractivity contribution in [1.29, 1.82) is 5.26 Å². The second kappa shape index (κ2) is 8.03. The molecule has 1 saturated carbocycles. The van der Waals surface area contributed by atoms with E-state index in [1.165, 1.54) is 5.56 Å². The number of hydrogen-bond acceptors (Lipinski definition) is 8. The summed E-state index contributed by atoms with van der Waals surface area (Å²) in [5, 5.41) is 9.18. The second-order valence-electron chi connectivity index (χ2n) is 8.03. The lowest BCUT2D eigenvalue weighted by Crippen LogP contribution is -2.37. The molecular weight excluding hydrogens is 366 g/mol. The van der Waals surface area contributed by atoms with Gasteiger partial charge in [-0.1, -0.05) is 0 Å². The molecule has 2 aromatic heterocycles. The number of rotatable bonds is 3. The van der Waals surface area contributed by atoms with Crippen LogP contribution in [0.3, 0.4) is 0 Å². The highest BCUT2D eigenvalue weighted by atomic mass is 16.5. The predicted molar refractivity (Wildman–Crippen MR) is 107 cm³/mol. The lowest BCUT2D eigenvalue weighted by Gasteiger charge is -2.33. The fourth-order valence-electron chi connectivity index (χ4n) is 4.91. The van der Waals surface area contributed by atoms with E-state index in [-0.39, 0.29) is 6.04 Å². The largest absolute Gasteiger partial charge is 0.378 e. The van der Waals surface area contributed by atoms with E-state index >= 15 is 0 Å². The Morgan fingerprint density at radius 1 is 1.10 bits per heavy atom. The maximum absolute atomic E-state index is 9.18. The second-order valence-corrected chi connectivity index (χ2v) is 8.03. The summed E-state index contributed by atoms with van der Waals surface area (Å²) in [5.41, 5.74) is 9.74. The summed E-state index contributed by atoms with van der Waals surface area (Å²) in [4.78, 5) is 15.5. The van der Waals surface area contributed by atoms with Crippen molar-refractivity contribution in [3.63, 3.8) is 0 Å². The fourth-order valence-corrected chi connectivity index (χ4v) is 4.91. The number of anilines is 1. The molecule has 2 saturated heterocycles. The Bertz CT molecular complexity index is 908. The van der Waals surface area contributed by atoms with Gasteiger partial charge in [0.2, 0.25) is 0 Å². The predicted octanol–water partition coefficient (Wildman–Crippen LogP) is 1.68. The third kappa shape index (κ3) is 3.69. The van der Waals surface area contributed by atoms with Gasteiger partial charge in [-0.3, -0.25) is 5.43 Å². The van der Waals surface area contributed by atoms with Gasteiger partial charge in [-0.15, -0.1) is 0 Å². The quantitative estimate of drug-likeness (QED) is 0.815. The Morgan fingerprint density at radius 3 is 2.86 bits per heavy atom. The van der Waals surface area contributed by atoms with Gasteiger partial charge in [0.05, 0.1) is 24.9 Å². The monoisotopic (exact) mass is 391 g/mol. The Labute approximate surface area is 170 Å². The number of nitrogens with zero attached hydrogens (tertiary/aromatic N) is 5. The van der Waals surface area contributed by atoms with Crippen LogP contribution in [0.1, 0.15) is 48.2 Å². The van der Waals surface area contributed by atoms with Crippen molar-refractivity contribution in [3.8, 4) is 6.07 Å². The summed E-state index contributed by atoms with van der Waals surface area (Å²) in [6.07, 6.45) is 6.70. The molecule has 4 atom stereocenters. The van der Waals surface area contributed by atoms with Gasteiger partial charge in [0, 0.05) is 31.4 Å². The molecule has 4 unspecified atom stereocenters. The van der Waals surface area contributed by atoms with E-state index in [0.717, 1.165) is 57.1 Å². The van der Waals surface area contributed by atoms with Crippen LogP contribution in [0.4, 0.5) is 5.82 Å². The maximum atomic E-state index is 9.18. The Hall–Kier alpha value is -2.60. The molecule has 0 spiro atoms. The molecule has 1 aliphatic carbocycles. The van der Waals surface area contributed by atoms with E-state index in [0.29, 0.717) is 23.6 Å². The highest BCUT2D eigenvalue weighted by Crippen LogP contribution is 2.43. The van der Waals surface area contributed by atoms with E-state index in [9.17, 15) is 5.26 Å². The minimum atomic E-state index is 0.155. The number of morpholine rings is 1. The zero-order valence-electron chi connectivity index (χ0n) is 16.3. The lowest BCUT2D eigenvalue weighted by molar-refractivity contribution is 0.122. The minimum Gasteiger partial charge on any atom is -0.378 e. The summed E-state index contributed by atoms with van der Waals surface area (Å²) in [6, 6.07) is 8.87. The van der Waals surface area contributed by atoms with Crippen LogP contribution < -0.4 is 15.8 Å². The number of nitriles is 1. The fraction of sp³-hybridized carbons (Fsp3) is 0.524. The first-order valence-corrected chi connectivity index (χ1v) is 10.3. The molecule has 5 rings (SSSR count). The van der Waals surface area contributed by atoms with Gasteiger partial charge in [0.15, 0.2) is 0 Å². The van der Waals surface area contributed by atoms with Crippen molar-refractivity contribution in [2.45, 2.75) is 37.3 Å². The summed E-state index contributed by atoms with van der Waals surface area (Å²) < 4.78 is 5.46. The molecule has 0 bridgehead atoms. The van der Waals surface area contributed by atoms with Crippen LogP contribution in [-0.4, -0.2) is 47.3 Å². The molecule has 8 heteroatoms. The van der Waals surface area contributed by atoms with Crippen LogP contribution in [0.15, 0.2) is 30.7 Å². The van der Waals surface area contributed by atoms with Crippen LogP contribution >= 0.6 is 0 Å². The molecule has 2 aliphatic heterocycles. The molecule has 3 fully saturated rings. The molecule has 29 heavy (non-hydrogen) atoms. The van der Waals surface area contributed by atoms with Crippen molar-refractivity contribution in [1.82, 2.24) is 25.8 Å². The van der Waals surface area contributed by atoms with Crippen molar-refractivity contribution >= 4 is 5.82 Å². The highest BCUT2D eigenvalue weighted by Gasteiger charge is 2.42. The topological polar surface area (TPSA) is 99.0 Å². The average molecular weight is 391 g/mol. The smallest absolute Gasteiger partial charge is 0.140 e.